The molecular weight excluding hydrogens is 319 g/mol. The van der Waals surface area contributed by atoms with Crippen LogP contribution in [0, 0.1) is 19.7 Å². The average molecular weight is 333 g/mol. The fourth-order valence-electron chi connectivity index (χ4n) is 2.06. The maximum atomic E-state index is 13.4. The van der Waals surface area contributed by atoms with Gasteiger partial charge in [0.05, 0.1) is 10.7 Å². The Morgan fingerprint density at radius 2 is 2.00 bits per heavy atom. The number of sulfonamides is 1. The quantitative estimate of drug-likeness (QED) is 0.901. The molecule has 1 heterocycles. The highest BCUT2D eigenvalue weighted by atomic mass is 35.5. The van der Waals surface area contributed by atoms with Gasteiger partial charge >= 0.3 is 0 Å². The highest BCUT2D eigenvalue weighted by Gasteiger charge is 2.26. The first kappa shape index (κ1) is 15.8. The SMILES string of the molecule is Cc1oc(C)c(S(=O)(=O)Nc2ccc(Cl)c(F)c2)c1CN. The molecule has 5 nitrogen and oxygen atoms in total. The van der Waals surface area contributed by atoms with Gasteiger partial charge in [0.1, 0.15) is 22.2 Å². The minimum atomic E-state index is -3.93. The molecule has 1 aromatic carbocycles. The van der Waals surface area contributed by atoms with Crippen LogP contribution in [0.3, 0.4) is 0 Å². The fourth-order valence-corrected chi connectivity index (χ4v) is 3.69. The van der Waals surface area contributed by atoms with E-state index in [1.165, 1.54) is 19.1 Å². The van der Waals surface area contributed by atoms with Crippen LogP contribution in [-0.4, -0.2) is 8.42 Å². The van der Waals surface area contributed by atoms with Crippen molar-refractivity contribution in [3.8, 4) is 0 Å². The number of benzene rings is 1. The zero-order valence-corrected chi connectivity index (χ0v) is 13.0. The van der Waals surface area contributed by atoms with Gasteiger partial charge < -0.3 is 10.2 Å². The topological polar surface area (TPSA) is 85.3 Å². The lowest BCUT2D eigenvalue weighted by Gasteiger charge is -2.09. The van der Waals surface area contributed by atoms with E-state index in [1.807, 2.05) is 0 Å². The maximum absolute atomic E-state index is 13.4. The second-order valence-electron chi connectivity index (χ2n) is 4.46. The molecule has 2 rings (SSSR count). The predicted molar refractivity (Wildman–Crippen MR) is 78.3 cm³/mol. The van der Waals surface area contributed by atoms with Crippen LogP contribution in [0.1, 0.15) is 17.1 Å². The van der Waals surface area contributed by atoms with Gasteiger partial charge in [-0.3, -0.25) is 4.72 Å². The number of hydrogen-bond acceptors (Lipinski definition) is 4. The Hall–Kier alpha value is -1.57. The minimum Gasteiger partial charge on any atom is -0.465 e. The van der Waals surface area contributed by atoms with Crippen LogP contribution in [0.2, 0.25) is 5.02 Å². The third-order valence-corrected chi connectivity index (χ3v) is 4.85. The molecule has 0 saturated carbocycles. The molecule has 0 bridgehead atoms. The molecule has 3 N–H and O–H groups in total. The summed E-state index contributed by atoms with van der Waals surface area (Å²) >= 11 is 5.56. The van der Waals surface area contributed by atoms with E-state index in [4.69, 9.17) is 21.8 Å². The smallest absolute Gasteiger partial charge is 0.265 e. The molecule has 0 spiro atoms. The van der Waals surface area contributed by atoms with Crippen LogP contribution >= 0.6 is 11.6 Å². The van der Waals surface area contributed by atoms with E-state index in [9.17, 15) is 12.8 Å². The second kappa shape index (κ2) is 5.67. The van der Waals surface area contributed by atoms with E-state index in [0.29, 0.717) is 11.3 Å². The summed E-state index contributed by atoms with van der Waals surface area (Å²) in [5.41, 5.74) is 6.03. The van der Waals surface area contributed by atoms with Crippen molar-refractivity contribution in [3.05, 3.63) is 46.1 Å². The van der Waals surface area contributed by atoms with Gasteiger partial charge in [-0.15, -0.1) is 0 Å². The summed E-state index contributed by atoms with van der Waals surface area (Å²) in [4.78, 5) is -0.0159. The normalized spacial score (nSPS) is 11.7. The number of halogens is 2. The first-order chi connectivity index (χ1) is 9.76. The Bertz CT molecular complexity index is 787. The Labute approximate surface area is 126 Å². The molecule has 0 saturated heterocycles. The first-order valence-corrected chi connectivity index (χ1v) is 7.89. The lowest BCUT2D eigenvalue weighted by atomic mass is 10.2. The van der Waals surface area contributed by atoms with E-state index in [2.05, 4.69) is 4.72 Å². The Balaban J connectivity index is 2.45. The van der Waals surface area contributed by atoms with E-state index < -0.39 is 15.8 Å². The number of nitrogens with one attached hydrogen (secondary N) is 1. The van der Waals surface area contributed by atoms with Crippen LogP contribution < -0.4 is 10.5 Å². The summed E-state index contributed by atoms with van der Waals surface area (Å²) in [7, 11) is -3.93. The summed E-state index contributed by atoms with van der Waals surface area (Å²) in [6.45, 7) is 3.19. The van der Waals surface area contributed by atoms with Crippen molar-refractivity contribution in [2.75, 3.05) is 4.72 Å². The summed E-state index contributed by atoms with van der Waals surface area (Å²) < 4.78 is 45.8. The van der Waals surface area contributed by atoms with Gasteiger partial charge in [-0.1, -0.05) is 11.6 Å². The highest BCUT2D eigenvalue weighted by molar-refractivity contribution is 7.92. The third-order valence-electron chi connectivity index (χ3n) is 2.97. The van der Waals surface area contributed by atoms with Crippen LogP contribution in [0.5, 0.6) is 0 Å². The van der Waals surface area contributed by atoms with E-state index in [1.54, 1.807) is 6.92 Å². The van der Waals surface area contributed by atoms with Gasteiger partial charge in [0.2, 0.25) is 0 Å². The number of furan rings is 1. The monoisotopic (exact) mass is 332 g/mol. The van der Waals surface area contributed by atoms with Crippen molar-refractivity contribution in [3.63, 3.8) is 0 Å². The summed E-state index contributed by atoms with van der Waals surface area (Å²) in [6.07, 6.45) is 0. The van der Waals surface area contributed by atoms with Gasteiger partial charge in [0.15, 0.2) is 0 Å². The number of hydrogen-bond donors (Lipinski definition) is 2. The van der Waals surface area contributed by atoms with Crippen molar-refractivity contribution < 1.29 is 17.2 Å². The number of rotatable bonds is 4. The molecular formula is C13H14ClFN2O3S. The van der Waals surface area contributed by atoms with Crippen LogP contribution in [0.25, 0.3) is 0 Å². The molecule has 2 aromatic rings. The molecule has 0 radical (unpaired) electrons. The van der Waals surface area contributed by atoms with Crippen molar-refractivity contribution in [1.82, 2.24) is 0 Å². The highest BCUT2D eigenvalue weighted by Crippen LogP contribution is 2.28. The van der Waals surface area contributed by atoms with Crippen molar-refractivity contribution >= 4 is 27.3 Å². The van der Waals surface area contributed by atoms with Crippen molar-refractivity contribution in [1.29, 1.82) is 0 Å². The number of nitrogens with two attached hydrogens (primary N) is 1. The number of anilines is 1. The molecule has 1 aromatic heterocycles. The van der Waals surface area contributed by atoms with Crippen LogP contribution in [-0.2, 0) is 16.6 Å². The van der Waals surface area contributed by atoms with Crippen molar-refractivity contribution in [2.24, 2.45) is 5.73 Å². The second-order valence-corrected chi connectivity index (χ2v) is 6.49. The Morgan fingerprint density at radius 3 is 2.57 bits per heavy atom. The molecule has 0 aliphatic carbocycles. The third kappa shape index (κ3) is 3.04. The standard InChI is InChI=1S/C13H14ClFN2O3S/c1-7-10(6-16)13(8(2)20-7)21(18,19)17-9-3-4-11(14)12(15)5-9/h3-5,17H,6,16H2,1-2H3. The largest absolute Gasteiger partial charge is 0.465 e. The molecule has 0 amide bonds. The summed E-state index contributed by atoms with van der Waals surface area (Å²) in [5, 5.41) is -0.0871. The molecule has 0 atom stereocenters. The van der Waals surface area contributed by atoms with E-state index >= 15 is 0 Å². The molecule has 0 fully saturated rings. The minimum absolute atomic E-state index is 0.0159. The van der Waals surface area contributed by atoms with Gasteiger partial charge in [-0.2, -0.15) is 0 Å². The summed E-state index contributed by atoms with van der Waals surface area (Å²) in [6, 6.07) is 3.64. The molecule has 0 unspecified atom stereocenters. The van der Waals surface area contributed by atoms with Gasteiger partial charge in [-0.25, -0.2) is 12.8 Å². The zero-order valence-electron chi connectivity index (χ0n) is 11.4. The molecule has 8 heteroatoms. The molecule has 21 heavy (non-hydrogen) atoms. The summed E-state index contributed by atoms with van der Waals surface area (Å²) in [5.74, 6) is -0.0384. The Morgan fingerprint density at radius 1 is 1.33 bits per heavy atom. The maximum Gasteiger partial charge on any atom is 0.265 e. The number of aryl methyl sites for hydroxylation is 2. The zero-order chi connectivity index (χ0) is 15.8. The Kier molecular flexibility index (Phi) is 4.27. The average Bonchev–Trinajstić information content (AvgIpc) is 2.68. The first-order valence-electron chi connectivity index (χ1n) is 6.03. The van der Waals surface area contributed by atoms with Crippen LogP contribution in [0.4, 0.5) is 10.1 Å². The van der Waals surface area contributed by atoms with Gasteiger partial charge in [0, 0.05) is 12.1 Å². The van der Waals surface area contributed by atoms with E-state index in [-0.39, 0.29) is 27.9 Å². The van der Waals surface area contributed by atoms with Crippen LogP contribution in [0.15, 0.2) is 27.5 Å². The lowest BCUT2D eigenvalue weighted by Crippen LogP contribution is -2.16. The van der Waals surface area contributed by atoms with E-state index in [0.717, 1.165) is 6.07 Å². The molecule has 0 aliphatic heterocycles. The molecule has 0 aliphatic rings. The molecule has 114 valence electrons. The lowest BCUT2D eigenvalue weighted by molar-refractivity contribution is 0.494. The predicted octanol–water partition coefficient (Wildman–Crippen LogP) is 2.95. The van der Waals surface area contributed by atoms with Crippen molar-refractivity contribution in [2.45, 2.75) is 25.3 Å². The fraction of sp³-hybridized carbons (Fsp3) is 0.231. The van der Waals surface area contributed by atoms with Gasteiger partial charge in [0.25, 0.3) is 10.0 Å². The van der Waals surface area contributed by atoms with Gasteiger partial charge in [-0.05, 0) is 32.0 Å².